The monoisotopic (exact) mass is 195 g/mol. The minimum absolute atomic E-state index is 0.386. The van der Waals surface area contributed by atoms with Gasteiger partial charge in [0.2, 0.25) is 0 Å². The molecule has 0 amide bonds. The van der Waals surface area contributed by atoms with Gasteiger partial charge in [0.25, 0.3) is 0 Å². The average molecular weight is 195 g/mol. The second kappa shape index (κ2) is 4.45. The molecule has 0 atom stereocenters. The van der Waals surface area contributed by atoms with Gasteiger partial charge in [-0.3, -0.25) is 4.90 Å². The number of hydrogen-bond acceptors (Lipinski definition) is 2. The maximum Gasteiger partial charge on any atom is 0.0774 e. The van der Waals surface area contributed by atoms with Crippen LogP contribution >= 0.6 is 0 Å². The highest BCUT2D eigenvalue weighted by molar-refractivity contribution is 4.98. The molecule has 2 nitrogen and oxygen atoms in total. The van der Waals surface area contributed by atoms with Crippen LogP contribution in [-0.4, -0.2) is 35.2 Å². The molecule has 1 aliphatic carbocycles. The minimum atomic E-state index is -0.386. The zero-order valence-corrected chi connectivity index (χ0v) is 8.91. The molecule has 1 fully saturated rings. The standard InChI is InChI=1S/C12H21NO/c14-12(7-3-1-2-4-8-12)11-13-9-5-6-10-13/h5-6,14H,1-4,7-11H2. The van der Waals surface area contributed by atoms with Crippen molar-refractivity contribution in [1.29, 1.82) is 0 Å². The molecule has 14 heavy (non-hydrogen) atoms. The zero-order chi connectivity index (χ0) is 9.86. The number of rotatable bonds is 2. The van der Waals surface area contributed by atoms with E-state index < -0.39 is 0 Å². The summed E-state index contributed by atoms with van der Waals surface area (Å²) in [7, 11) is 0. The van der Waals surface area contributed by atoms with Crippen molar-refractivity contribution in [2.75, 3.05) is 19.6 Å². The van der Waals surface area contributed by atoms with Gasteiger partial charge in [-0.05, 0) is 12.8 Å². The van der Waals surface area contributed by atoms with Crippen molar-refractivity contribution in [3.8, 4) is 0 Å². The molecule has 0 unspecified atom stereocenters. The molecule has 2 heteroatoms. The Morgan fingerprint density at radius 2 is 1.57 bits per heavy atom. The van der Waals surface area contributed by atoms with E-state index in [2.05, 4.69) is 17.1 Å². The van der Waals surface area contributed by atoms with E-state index in [1.807, 2.05) is 0 Å². The highest BCUT2D eigenvalue weighted by atomic mass is 16.3. The second-order valence-corrected chi connectivity index (χ2v) is 4.80. The Balaban J connectivity index is 1.86. The third-order valence-corrected chi connectivity index (χ3v) is 3.45. The summed E-state index contributed by atoms with van der Waals surface area (Å²) in [6, 6.07) is 0. The van der Waals surface area contributed by atoms with Crippen molar-refractivity contribution in [2.45, 2.75) is 44.1 Å². The summed E-state index contributed by atoms with van der Waals surface area (Å²) in [4.78, 5) is 2.34. The first-order valence-corrected chi connectivity index (χ1v) is 5.88. The third-order valence-electron chi connectivity index (χ3n) is 3.45. The molecular formula is C12H21NO. The summed E-state index contributed by atoms with van der Waals surface area (Å²) in [5.74, 6) is 0. The van der Waals surface area contributed by atoms with Crippen LogP contribution in [0.2, 0.25) is 0 Å². The fourth-order valence-electron chi connectivity index (χ4n) is 2.61. The average Bonchev–Trinajstić information content (AvgIpc) is 2.55. The molecule has 1 N–H and O–H groups in total. The van der Waals surface area contributed by atoms with Crippen molar-refractivity contribution in [1.82, 2.24) is 4.90 Å². The van der Waals surface area contributed by atoms with Gasteiger partial charge in [-0.25, -0.2) is 0 Å². The quantitative estimate of drug-likeness (QED) is 0.537. The lowest BCUT2D eigenvalue weighted by atomic mass is 9.94. The fourth-order valence-corrected chi connectivity index (χ4v) is 2.61. The Morgan fingerprint density at radius 1 is 1.00 bits per heavy atom. The second-order valence-electron chi connectivity index (χ2n) is 4.80. The summed E-state index contributed by atoms with van der Waals surface area (Å²) in [5, 5.41) is 10.4. The lowest BCUT2D eigenvalue weighted by Crippen LogP contribution is -2.41. The number of nitrogens with zero attached hydrogens (tertiary/aromatic N) is 1. The highest BCUT2D eigenvalue weighted by Crippen LogP contribution is 2.28. The minimum Gasteiger partial charge on any atom is -0.389 e. The van der Waals surface area contributed by atoms with E-state index in [0.29, 0.717) is 0 Å². The van der Waals surface area contributed by atoms with Gasteiger partial charge in [0.1, 0.15) is 0 Å². The Bertz CT molecular complexity index is 196. The molecule has 2 aliphatic rings. The Morgan fingerprint density at radius 3 is 2.14 bits per heavy atom. The van der Waals surface area contributed by atoms with E-state index in [4.69, 9.17) is 0 Å². The van der Waals surface area contributed by atoms with Crippen LogP contribution < -0.4 is 0 Å². The van der Waals surface area contributed by atoms with Gasteiger partial charge in [-0.1, -0.05) is 37.8 Å². The molecule has 0 saturated heterocycles. The molecule has 0 aromatic heterocycles. The third kappa shape index (κ3) is 2.58. The van der Waals surface area contributed by atoms with E-state index >= 15 is 0 Å². The fraction of sp³-hybridized carbons (Fsp3) is 0.833. The number of hydrogen-bond donors (Lipinski definition) is 1. The van der Waals surface area contributed by atoms with Crippen LogP contribution in [0, 0.1) is 0 Å². The lowest BCUT2D eigenvalue weighted by Gasteiger charge is -2.31. The Labute approximate surface area is 86.6 Å². The molecule has 0 spiro atoms. The predicted molar refractivity (Wildman–Crippen MR) is 58.2 cm³/mol. The van der Waals surface area contributed by atoms with Gasteiger partial charge < -0.3 is 5.11 Å². The smallest absolute Gasteiger partial charge is 0.0774 e. The van der Waals surface area contributed by atoms with E-state index in [0.717, 1.165) is 32.5 Å². The van der Waals surface area contributed by atoms with E-state index in [9.17, 15) is 5.11 Å². The summed E-state index contributed by atoms with van der Waals surface area (Å²) >= 11 is 0. The molecule has 1 saturated carbocycles. The van der Waals surface area contributed by atoms with E-state index in [1.165, 1.54) is 25.7 Å². The molecule has 1 heterocycles. The van der Waals surface area contributed by atoms with Gasteiger partial charge in [-0.2, -0.15) is 0 Å². The molecule has 0 aromatic carbocycles. The molecule has 0 radical (unpaired) electrons. The van der Waals surface area contributed by atoms with Crippen LogP contribution in [0.25, 0.3) is 0 Å². The topological polar surface area (TPSA) is 23.5 Å². The SMILES string of the molecule is OC1(CN2CC=CC2)CCCCCC1. The predicted octanol–water partition coefficient (Wildman–Crippen LogP) is 1.94. The van der Waals surface area contributed by atoms with Gasteiger partial charge in [-0.15, -0.1) is 0 Å². The number of β-amino-alcohol motifs (C(OH)–C–C–N with tert-alkyl or cyclic N) is 1. The molecule has 0 aromatic rings. The Hall–Kier alpha value is -0.340. The van der Waals surface area contributed by atoms with Crippen molar-refractivity contribution in [3.63, 3.8) is 0 Å². The molecule has 80 valence electrons. The first-order chi connectivity index (χ1) is 6.79. The first-order valence-electron chi connectivity index (χ1n) is 5.88. The largest absolute Gasteiger partial charge is 0.389 e. The highest BCUT2D eigenvalue weighted by Gasteiger charge is 2.30. The van der Waals surface area contributed by atoms with E-state index in [-0.39, 0.29) is 5.60 Å². The summed E-state index contributed by atoms with van der Waals surface area (Å²) in [6.45, 7) is 2.94. The van der Waals surface area contributed by atoms with Crippen LogP contribution in [0.4, 0.5) is 0 Å². The van der Waals surface area contributed by atoms with Crippen LogP contribution in [0.3, 0.4) is 0 Å². The summed E-state index contributed by atoms with van der Waals surface area (Å²) in [6.07, 6.45) is 11.4. The van der Waals surface area contributed by atoms with Crippen LogP contribution in [0.15, 0.2) is 12.2 Å². The van der Waals surface area contributed by atoms with Gasteiger partial charge in [0.15, 0.2) is 0 Å². The Kier molecular flexibility index (Phi) is 3.24. The van der Waals surface area contributed by atoms with Crippen molar-refractivity contribution in [2.24, 2.45) is 0 Å². The molecule has 2 rings (SSSR count). The van der Waals surface area contributed by atoms with E-state index in [1.54, 1.807) is 0 Å². The first kappa shape index (κ1) is 10.2. The lowest BCUT2D eigenvalue weighted by molar-refractivity contribution is -0.00262. The zero-order valence-electron chi connectivity index (χ0n) is 8.91. The van der Waals surface area contributed by atoms with Crippen LogP contribution in [0.1, 0.15) is 38.5 Å². The maximum atomic E-state index is 10.4. The van der Waals surface area contributed by atoms with Crippen LogP contribution in [0.5, 0.6) is 0 Å². The molecular weight excluding hydrogens is 174 g/mol. The van der Waals surface area contributed by atoms with Crippen LogP contribution in [-0.2, 0) is 0 Å². The number of aliphatic hydroxyl groups is 1. The van der Waals surface area contributed by atoms with Gasteiger partial charge in [0, 0.05) is 19.6 Å². The molecule has 0 bridgehead atoms. The van der Waals surface area contributed by atoms with Crippen molar-refractivity contribution in [3.05, 3.63) is 12.2 Å². The van der Waals surface area contributed by atoms with Gasteiger partial charge in [0.05, 0.1) is 5.60 Å². The summed E-state index contributed by atoms with van der Waals surface area (Å²) < 4.78 is 0. The van der Waals surface area contributed by atoms with Crippen molar-refractivity contribution < 1.29 is 5.11 Å². The summed E-state index contributed by atoms with van der Waals surface area (Å²) in [5.41, 5.74) is -0.386. The van der Waals surface area contributed by atoms with Crippen molar-refractivity contribution >= 4 is 0 Å². The van der Waals surface area contributed by atoms with Gasteiger partial charge >= 0.3 is 0 Å². The molecule has 1 aliphatic heterocycles. The maximum absolute atomic E-state index is 10.4. The normalized spacial score (nSPS) is 27.8.